The molecule has 0 saturated heterocycles. The first-order valence-corrected chi connectivity index (χ1v) is 7.54. The molecule has 0 radical (unpaired) electrons. The van der Waals surface area contributed by atoms with Gasteiger partial charge >= 0.3 is 0 Å². The van der Waals surface area contributed by atoms with Crippen LogP contribution >= 0.6 is 0 Å². The summed E-state index contributed by atoms with van der Waals surface area (Å²) in [6.45, 7) is 0.864. The Morgan fingerprint density at radius 1 is 1.22 bits per heavy atom. The van der Waals surface area contributed by atoms with Crippen LogP contribution in [0.1, 0.15) is 29.8 Å². The highest BCUT2D eigenvalue weighted by Crippen LogP contribution is 2.22. The van der Waals surface area contributed by atoms with Crippen molar-refractivity contribution in [3.63, 3.8) is 0 Å². The van der Waals surface area contributed by atoms with Crippen molar-refractivity contribution in [3.8, 4) is 11.3 Å². The lowest BCUT2D eigenvalue weighted by atomic mass is 10.1. The van der Waals surface area contributed by atoms with E-state index in [0.717, 1.165) is 24.9 Å². The first kappa shape index (κ1) is 15.0. The number of anilines is 1. The van der Waals surface area contributed by atoms with Gasteiger partial charge in [0.25, 0.3) is 0 Å². The van der Waals surface area contributed by atoms with Gasteiger partial charge in [0.05, 0.1) is 6.33 Å². The summed E-state index contributed by atoms with van der Waals surface area (Å²) in [5, 5.41) is 3.87. The van der Waals surface area contributed by atoms with E-state index in [9.17, 15) is 4.79 Å². The number of aromatic nitrogens is 3. The van der Waals surface area contributed by atoms with Gasteiger partial charge in [-0.15, -0.1) is 0 Å². The molecule has 0 fully saturated rings. The van der Waals surface area contributed by atoms with Crippen molar-refractivity contribution in [3.05, 3.63) is 54.7 Å². The number of hydrogen-bond donors (Lipinski definition) is 1. The van der Waals surface area contributed by atoms with Crippen molar-refractivity contribution in [2.45, 2.75) is 25.8 Å². The van der Waals surface area contributed by atoms with Crippen LogP contribution in [0.4, 0.5) is 5.69 Å². The number of rotatable bonds is 7. The first-order valence-electron chi connectivity index (χ1n) is 7.54. The summed E-state index contributed by atoms with van der Waals surface area (Å²) in [6.07, 6.45) is 7.63. The zero-order chi connectivity index (χ0) is 16.1. The average molecular weight is 310 g/mol. The van der Waals surface area contributed by atoms with E-state index in [1.165, 1.54) is 0 Å². The van der Waals surface area contributed by atoms with Gasteiger partial charge in [0.1, 0.15) is 5.69 Å². The summed E-state index contributed by atoms with van der Waals surface area (Å²) in [4.78, 5) is 16.1. The van der Waals surface area contributed by atoms with E-state index in [2.05, 4.69) is 10.1 Å². The highest BCUT2D eigenvalue weighted by atomic mass is 16.5. The molecule has 0 spiro atoms. The number of Topliss-reactive ketones (excluding diaryl/α,β-unsaturated/α-hetero) is 1. The lowest BCUT2D eigenvalue weighted by molar-refractivity contribution is 0.0970. The van der Waals surface area contributed by atoms with Crippen molar-refractivity contribution in [1.29, 1.82) is 0 Å². The van der Waals surface area contributed by atoms with Gasteiger partial charge in [-0.25, -0.2) is 4.98 Å². The Labute approximate surface area is 133 Å². The predicted molar refractivity (Wildman–Crippen MR) is 86.8 cm³/mol. The molecular weight excluding hydrogens is 292 g/mol. The molecule has 0 aliphatic rings. The highest BCUT2D eigenvalue weighted by Gasteiger charge is 2.13. The van der Waals surface area contributed by atoms with Crippen LogP contribution in [0.5, 0.6) is 0 Å². The van der Waals surface area contributed by atoms with E-state index in [-0.39, 0.29) is 5.78 Å². The summed E-state index contributed by atoms with van der Waals surface area (Å²) in [7, 11) is 0. The number of aryl methyl sites for hydroxylation is 1. The molecule has 0 amide bonds. The number of carbonyl (C=O) groups excluding carboxylic acids is 1. The third-order valence-corrected chi connectivity index (χ3v) is 3.62. The fourth-order valence-electron chi connectivity index (χ4n) is 2.32. The summed E-state index contributed by atoms with van der Waals surface area (Å²) in [5.41, 5.74) is 7.57. The number of nitrogens with zero attached hydrogens (tertiary/aromatic N) is 3. The van der Waals surface area contributed by atoms with E-state index >= 15 is 0 Å². The highest BCUT2D eigenvalue weighted by molar-refractivity contribution is 5.94. The third-order valence-electron chi connectivity index (χ3n) is 3.62. The van der Waals surface area contributed by atoms with Crippen LogP contribution in [0, 0.1) is 0 Å². The molecule has 23 heavy (non-hydrogen) atoms. The monoisotopic (exact) mass is 310 g/mol. The molecular formula is C17H18N4O2. The maximum atomic E-state index is 12.1. The zero-order valence-electron chi connectivity index (χ0n) is 12.7. The number of nitrogen functional groups attached to an aromatic ring is 1. The van der Waals surface area contributed by atoms with Gasteiger partial charge in [0.2, 0.25) is 0 Å². The number of imidazole rings is 1. The minimum atomic E-state index is 0.000996. The van der Waals surface area contributed by atoms with Crippen LogP contribution in [0.25, 0.3) is 11.3 Å². The zero-order valence-corrected chi connectivity index (χ0v) is 12.7. The normalized spacial score (nSPS) is 10.8. The molecule has 3 rings (SSSR count). The molecule has 2 aromatic heterocycles. The van der Waals surface area contributed by atoms with Crippen LogP contribution in [0.2, 0.25) is 0 Å². The maximum absolute atomic E-state index is 12.1. The molecule has 0 bridgehead atoms. The second-order valence-corrected chi connectivity index (χ2v) is 5.38. The molecule has 2 N–H and O–H groups in total. The summed E-state index contributed by atoms with van der Waals surface area (Å²) in [5.74, 6) is 0.577. The molecule has 6 nitrogen and oxygen atoms in total. The lowest BCUT2D eigenvalue weighted by Gasteiger charge is -2.00. The molecule has 0 saturated carbocycles. The van der Waals surface area contributed by atoms with Gasteiger partial charge in [-0.05, 0) is 37.1 Å². The lowest BCUT2D eigenvalue weighted by Crippen LogP contribution is -2.01. The van der Waals surface area contributed by atoms with Gasteiger partial charge in [0.15, 0.2) is 11.5 Å². The van der Waals surface area contributed by atoms with Crippen LogP contribution in [-0.4, -0.2) is 20.5 Å². The molecule has 118 valence electrons. The van der Waals surface area contributed by atoms with Crippen LogP contribution < -0.4 is 5.73 Å². The van der Waals surface area contributed by atoms with Crippen molar-refractivity contribution < 1.29 is 9.32 Å². The minimum Gasteiger partial charge on any atom is -0.399 e. The van der Waals surface area contributed by atoms with Gasteiger partial charge in [0, 0.05) is 42.7 Å². The average Bonchev–Trinajstić information content (AvgIpc) is 3.24. The fourth-order valence-corrected chi connectivity index (χ4v) is 2.32. The maximum Gasteiger partial charge on any atom is 0.184 e. The molecule has 0 aliphatic carbocycles. The number of hydrogen-bond acceptors (Lipinski definition) is 5. The van der Waals surface area contributed by atoms with Gasteiger partial charge in [-0.3, -0.25) is 4.79 Å². The van der Waals surface area contributed by atoms with Gasteiger partial charge in [-0.1, -0.05) is 5.16 Å². The molecule has 0 unspecified atom stereocenters. The smallest absolute Gasteiger partial charge is 0.184 e. The van der Waals surface area contributed by atoms with E-state index in [1.54, 1.807) is 30.7 Å². The van der Waals surface area contributed by atoms with Gasteiger partial charge < -0.3 is 14.8 Å². The van der Waals surface area contributed by atoms with E-state index in [0.29, 0.717) is 23.6 Å². The fraction of sp³-hybridized carbons (Fsp3) is 0.235. The SMILES string of the molecule is Nc1ccc(-c2cc(C(=O)CCCCn3ccnc3)no2)cc1. The number of carbonyl (C=O) groups is 1. The Morgan fingerprint density at radius 3 is 2.78 bits per heavy atom. The van der Waals surface area contributed by atoms with Gasteiger partial charge in [-0.2, -0.15) is 0 Å². The molecule has 2 heterocycles. The number of ketones is 1. The minimum absolute atomic E-state index is 0.000996. The topological polar surface area (TPSA) is 86.9 Å². The van der Waals surface area contributed by atoms with Crippen molar-refractivity contribution >= 4 is 11.5 Å². The van der Waals surface area contributed by atoms with E-state index in [1.807, 2.05) is 22.9 Å². The predicted octanol–water partition coefficient (Wildman–Crippen LogP) is 3.17. The quantitative estimate of drug-likeness (QED) is 0.411. The van der Waals surface area contributed by atoms with Crippen molar-refractivity contribution in [2.24, 2.45) is 0 Å². The Kier molecular flexibility index (Phi) is 4.52. The van der Waals surface area contributed by atoms with E-state index < -0.39 is 0 Å². The third kappa shape index (κ3) is 3.85. The largest absolute Gasteiger partial charge is 0.399 e. The summed E-state index contributed by atoms with van der Waals surface area (Å²) >= 11 is 0. The van der Waals surface area contributed by atoms with Crippen molar-refractivity contribution in [1.82, 2.24) is 14.7 Å². The molecule has 0 atom stereocenters. The first-order chi connectivity index (χ1) is 11.2. The summed E-state index contributed by atoms with van der Waals surface area (Å²) < 4.78 is 7.25. The molecule has 0 aliphatic heterocycles. The second kappa shape index (κ2) is 6.91. The molecule has 6 heteroatoms. The number of benzene rings is 1. The number of nitrogens with two attached hydrogens (primary N) is 1. The standard InChI is InChI=1S/C17H18N4O2/c18-14-6-4-13(5-7-14)17-11-15(20-23-17)16(22)3-1-2-9-21-10-8-19-12-21/h4-8,10-12H,1-3,9,18H2. The van der Waals surface area contributed by atoms with Crippen LogP contribution in [0.3, 0.4) is 0 Å². The Balaban J connectivity index is 1.52. The van der Waals surface area contributed by atoms with Crippen LogP contribution in [-0.2, 0) is 6.54 Å². The van der Waals surface area contributed by atoms with Crippen LogP contribution in [0.15, 0.2) is 53.6 Å². The van der Waals surface area contributed by atoms with E-state index in [4.69, 9.17) is 10.3 Å². The molecule has 1 aromatic carbocycles. The van der Waals surface area contributed by atoms with Crippen molar-refractivity contribution in [2.75, 3.05) is 5.73 Å². The number of unbranched alkanes of at least 4 members (excludes halogenated alkanes) is 1. The Hall–Kier alpha value is -2.89. The molecule has 3 aromatic rings. The Bertz CT molecular complexity index is 760. The summed E-state index contributed by atoms with van der Waals surface area (Å²) in [6, 6.07) is 8.94. The second-order valence-electron chi connectivity index (χ2n) is 5.38. The Morgan fingerprint density at radius 2 is 2.04 bits per heavy atom.